The summed E-state index contributed by atoms with van der Waals surface area (Å²) in [5.41, 5.74) is 5.12. The predicted octanol–water partition coefficient (Wildman–Crippen LogP) is -0.893. The van der Waals surface area contributed by atoms with Gasteiger partial charge in [-0.15, -0.1) is 0 Å². The highest BCUT2D eigenvalue weighted by Gasteiger charge is 1.88. The van der Waals surface area contributed by atoms with Crippen molar-refractivity contribution in [3.05, 3.63) is 12.5 Å². The molecule has 0 saturated heterocycles. The van der Waals surface area contributed by atoms with Gasteiger partial charge in [-0.05, 0) is 0 Å². The second kappa shape index (κ2) is 6.88. The molecule has 0 heterocycles. The molecule has 0 aromatic heterocycles. The highest BCUT2D eigenvalue weighted by molar-refractivity contribution is 5.69. The lowest BCUT2D eigenvalue weighted by Crippen LogP contribution is -2.16. The molecule has 4 N–H and O–H groups in total. The van der Waals surface area contributed by atoms with Gasteiger partial charge in [0.25, 0.3) is 0 Å². The number of nitrogens with one attached hydrogen (secondary N) is 1. The van der Waals surface area contributed by atoms with Crippen molar-refractivity contribution in [1.82, 2.24) is 5.32 Å². The average Bonchev–Trinajstić information content (AvgIpc) is 1.96. The number of ether oxygens (including phenoxy) is 1. The molecule has 0 aliphatic rings. The molecule has 11 heavy (non-hydrogen) atoms. The van der Waals surface area contributed by atoms with Crippen molar-refractivity contribution >= 4 is 5.97 Å². The van der Waals surface area contributed by atoms with Gasteiger partial charge in [0, 0.05) is 12.7 Å². The Morgan fingerprint density at radius 3 is 3.00 bits per heavy atom. The molecule has 0 unspecified atom stereocenters. The van der Waals surface area contributed by atoms with E-state index in [0.29, 0.717) is 13.2 Å². The van der Waals surface area contributed by atoms with E-state index in [1.165, 1.54) is 12.5 Å². The predicted molar refractivity (Wildman–Crippen MR) is 39.8 cm³/mol. The Kier molecular flexibility index (Phi) is 6.11. The second-order valence-corrected chi connectivity index (χ2v) is 1.74. The Morgan fingerprint density at radius 2 is 2.45 bits per heavy atom. The fourth-order valence-corrected chi connectivity index (χ4v) is 0.379. The van der Waals surface area contributed by atoms with E-state index in [1.807, 2.05) is 0 Å². The Labute approximate surface area is 64.8 Å². The van der Waals surface area contributed by atoms with Crippen LogP contribution in [0.4, 0.5) is 0 Å². The van der Waals surface area contributed by atoms with Gasteiger partial charge in [-0.25, -0.2) is 0 Å². The number of carboxylic acid groups (broad SMARTS) is 1. The molecule has 0 bridgehead atoms. The quantitative estimate of drug-likeness (QED) is 0.346. The molecule has 0 amide bonds. The Balaban J connectivity index is 3.10. The van der Waals surface area contributed by atoms with Crippen molar-refractivity contribution in [3.63, 3.8) is 0 Å². The minimum absolute atomic E-state index is 0.109. The first-order valence-electron chi connectivity index (χ1n) is 3.19. The van der Waals surface area contributed by atoms with Crippen LogP contribution in [0.3, 0.4) is 0 Å². The maximum Gasteiger partial charge on any atom is 0.322 e. The lowest BCUT2D eigenvalue weighted by atomic mass is 10.6. The van der Waals surface area contributed by atoms with Crippen molar-refractivity contribution < 1.29 is 14.6 Å². The van der Waals surface area contributed by atoms with Crippen molar-refractivity contribution in [2.75, 3.05) is 19.7 Å². The minimum atomic E-state index is -0.909. The normalized spacial score (nSPS) is 9.91. The summed E-state index contributed by atoms with van der Waals surface area (Å²) in [4.78, 5) is 9.93. The van der Waals surface area contributed by atoms with Crippen molar-refractivity contribution in [3.8, 4) is 0 Å². The fourth-order valence-electron chi connectivity index (χ4n) is 0.379. The zero-order chi connectivity index (χ0) is 8.53. The fraction of sp³-hybridized carbons (Fsp3) is 0.500. The molecule has 5 nitrogen and oxygen atoms in total. The topological polar surface area (TPSA) is 84.6 Å². The Hall–Kier alpha value is -1.23. The van der Waals surface area contributed by atoms with Crippen LogP contribution in [0.1, 0.15) is 0 Å². The lowest BCUT2D eigenvalue weighted by Gasteiger charge is -1.96. The number of aliphatic carboxylic acids is 1. The first-order chi connectivity index (χ1) is 5.27. The van der Waals surface area contributed by atoms with Crippen LogP contribution in [0.25, 0.3) is 0 Å². The summed E-state index contributed by atoms with van der Waals surface area (Å²) >= 11 is 0. The summed E-state index contributed by atoms with van der Waals surface area (Å²) in [7, 11) is 0. The van der Waals surface area contributed by atoms with Crippen LogP contribution in [0.15, 0.2) is 12.5 Å². The first kappa shape index (κ1) is 9.77. The molecular formula is C6H12N2O3. The van der Waals surface area contributed by atoms with Gasteiger partial charge in [0.05, 0.1) is 12.9 Å². The van der Waals surface area contributed by atoms with Gasteiger partial charge in [-0.2, -0.15) is 0 Å². The zero-order valence-corrected chi connectivity index (χ0v) is 6.12. The monoisotopic (exact) mass is 160 g/mol. The summed E-state index contributed by atoms with van der Waals surface area (Å²) in [6.45, 7) is 0.775. The third-order valence-corrected chi connectivity index (χ3v) is 0.771. The standard InChI is InChI=1S/C6H12N2O3/c7-1-3-11-4-2-8-5-6(9)10/h2,4,8H,1,3,5,7H2,(H,9,10)/b4-2+. The number of hydrogen-bond donors (Lipinski definition) is 3. The van der Waals surface area contributed by atoms with Gasteiger partial charge in [0.1, 0.15) is 6.54 Å². The van der Waals surface area contributed by atoms with Crippen molar-refractivity contribution in [2.45, 2.75) is 0 Å². The lowest BCUT2D eigenvalue weighted by molar-refractivity contribution is -0.135. The highest BCUT2D eigenvalue weighted by Crippen LogP contribution is 1.72. The molecule has 0 fully saturated rings. The van der Waals surface area contributed by atoms with Crippen LogP contribution in [-0.4, -0.2) is 30.8 Å². The molecule has 0 rings (SSSR count). The van der Waals surface area contributed by atoms with Crippen LogP contribution in [0, 0.1) is 0 Å². The molecular weight excluding hydrogens is 148 g/mol. The Morgan fingerprint density at radius 1 is 1.73 bits per heavy atom. The summed E-state index contributed by atoms with van der Waals surface area (Å²) in [6.07, 6.45) is 2.79. The molecule has 0 atom stereocenters. The van der Waals surface area contributed by atoms with Gasteiger partial charge in [-0.3, -0.25) is 4.79 Å². The maximum atomic E-state index is 9.93. The van der Waals surface area contributed by atoms with Crippen LogP contribution in [0.2, 0.25) is 0 Å². The molecule has 0 saturated carbocycles. The largest absolute Gasteiger partial charge is 0.498 e. The molecule has 0 radical (unpaired) electrons. The van der Waals surface area contributed by atoms with E-state index in [2.05, 4.69) is 5.32 Å². The van der Waals surface area contributed by atoms with E-state index in [0.717, 1.165) is 0 Å². The molecule has 0 aromatic rings. The SMILES string of the molecule is NCCO/C=C/NCC(=O)O. The summed E-state index contributed by atoms with van der Waals surface area (Å²) in [5.74, 6) is -0.909. The number of hydrogen-bond acceptors (Lipinski definition) is 4. The Bertz CT molecular complexity index is 136. The molecule has 0 spiro atoms. The number of rotatable bonds is 6. The van der Waals surface area contributed by atoms with Crippen molar-refractivity contribution in [1.29, 1.82) is 0 Å². The van der Waals surface area contributed by atoms with Crippen LogP contribution < -0.4 is 11.1 Å². The molecule has 0 aliphatic heterocycles. The van der Waals surface area contributed by atoms with Crippen LogP contribution in [-0.2, 0) is 9.53 Å². The maximum absolute atomic E-state index is 9.93. The van der Waals surface area contributed by atoms with E-state index in [1.54, 1.807) is 0 Å². The summed E-state index contributed by atoms with van der Waals surface area (Å²) < 4.78 is 4.80. The smallest absolute Gasteiger partial charge is 0.322 e. The van der Waals surface area contributed by atoms with Crippen LogP contribution >= 0.6 is 0 Å². The highest BCUT2D eigenvalue weighted by atomic mass is 16.5. The number of carboxylic acids is 1. The second-order valence-electron chi connectivity index (χ2n) is 1.74. The van der Waals surface area contributed by atoms with E-state index in [4.69, 9.17) is 15.6 Å². The third-order valence-electron chi connectivity index (χ3n) is 0.771. The van der Waals surface area contributed by atoms with Crippen molar-refractivity contribution in [2.24, 2.45) is 5.73 Å². The van der Waals surface area contributed by atoms with Gasteiger partial charge in [0.15, 0.2) is 0 Å². The number of carbonyl (C=O) groups is 1. The summed E-state index contributed by atoms with van der Waals surface area (Å²) in [6, 6.07) is 0. The third kappa shape index (κ3) is 8.77. The van der Waals surface area contributed by atoms with Gasteiger partial charge < -0.3 is 20.9 Å². The van der Waals surface area contributed by atoms with E-state index >= 15 is 0 Å². The van der Waals surface area contributed by atoms with E-state index in [9.17, 15) is 4.79 Å². The molecule has 64 valence electrons. The van der Waals surface area contributed by atoms with E-state index in [-0.39, 0.29) is 6.54 Å². The van der Waals surface area contributed by atoms with Crippen LogP contribution in [0.5, 0.6) is 0 Å². The number of nitrogens with two attached hydrogens (primary N) is 1. The summed E-state index contributed by atoms with van der Waals surface area (Å²) in [5, 5.41) is 10.7. The van der Waals surface area contributed by atoms with Gasteiger partial charge in [-0.1, -0.05) is 0 Å². The molecule has 0 aliphatic carbocycles. The van der Waals surface area contributed by atoms with Gasteiger partial charge >= 0.3 is 5.97 Å². The molecule has 0 aromatic carbocycles. The first-order valence-corrected chi connectivity index (χ1v) is 3.19. The zero-order valence-electron chi connectivity index (χ0n) is 6.12. The van der Waals surface area contributed by atoms with Gasteiger partial charge in [0.2, 0.25) is 0 Å². The average molecular weight is 160 g/mol. The van der Waals surface area contributed by atoms with E-state index < -0.39 is 5.97 Å². The molecule has 5 heteroatoms. The minimum Gasteiger partial charge on any atom is -0.498 e.